The molecule has 0 spiro atoms. The number of hydrogen-bond donors (Lipinski definition) is 1. The SMILES string of the molecule is C[C@@H]1CN(Cc2ccccc2)[C@@H](CN2Cc3cc(O)ccc3C2=O)CN1C(=O)OC(C)(C)C. The van der Waals surface area contributed by atoms with Crippen LogP contribution in [0.2, 0.25) is 0 Å². The van der Waals surface area contributed by atoms with Gasteiger partial charge in [-0.1, -0.05) is 30.3 Å². The van der Waals surface area contributed by atoms with Crippen LogP contribution in [0.25, 0.3) is 0 Å². The Labute approximate surface area is 195 Å². The Balaban J connectivity index is 1.54. The van der Waals surface area contributed by atoms with Gasteiger partial charge in [-0.3, -0.25) is 9.69 Å². The van der Waals surface area contributed by atoms with Crippen molar-refractivity contribution in [1.29, 1.82) is 0 Å². The number of carbonyl (C=O) groups excluding carboxylic acids is 2. The number of ether oxygens (including phenoxy) is 1. The van der Waals surface area contributed by atoms with Gasteiger partial charge in [0.05, 0.1) is 0 Å². The highest BCUT2D eigenvalue weighted by Crippen LogP contribution is 2.28. The molecule has 0 saturated carbocycles. The van der Waals surface area contributed by atoms with Crippen LogP contribution in [-0.2, 0) is 17.8 Å². The number of rotatable bonds is 4. The molecule has 0 aromatic heterocycles. The average molecular weight is 452 g/mol. The standard InChI is InChI=1S/C26H33N3O4/c1-18-13-27(14-19-8-6-5-7-9-19)21(17-29(18)25(32)33-26(2,3)4)16-28-15-20-12-22(30)10-11-23(20)24(28)31/h5-12,18,21,30H,13-17H2,1-4H3/t18-,21+/m1/s1. The van der Waals surface area contributed by atoms with Crippen molar-refractivity contribution in [2.75, 3.05) is 19.6 Å². The Bertz CT molecular complexity index is 1020. The van der Waals surface area contributed by atoms with Crippen molar-refractivity contribution in [2.24, 2.45) is 0 Å². The van der Waals surface area contributed by atoms with Crippen LogP contribution in [0.5, 0.6) is 5.75 Å². The molecule has 0 unspecified atom stereocenters. The highest BCUT2D eigenvalue weighted by molar-refractivity contribution is 5.98. The van der Waals surface area contributed by atoms with Gasteiger partial charge in [0.2, 0.25) is 0 Å². The molecule has 176 valence electrons. The maximum absolute atomic E-state index is 13.0. The number of amides is 2. The molecule has 0 aliphatic carbocycles. The van der Waals surface area contributed by atoms with Crippen LogP contribution < -0.4 is 0 Å². The molecular weight excluding hydrogens is 418 g/mol. The van der Waals surface area contributed by atoms with Gasteiger partial charge in [0.25, 0.3) is 5.91 Å². The van der Waals surface area contributed by atoms with E-state index in [-0.39, 0.29) is 29.8 Å². The van der Waals surface area contributed by atoms with Gasteiger partial charge in [0.15, 0.2) is 0 Å². The minimum Gasteiger partial charge on any atom is -0.508 e. The lowest BCUT2D eigenvalue weighted by molar-refractivity contribution is -0.0190. The third kappa shape index (κ3) is 5.30. The first kappa shape index (κ1) is 23.1. The summed E-state index contributed by atoms with van der Waals surface area (Å²) in [6.07, 6.45) is -0.319. The summed E-state index contributed by atoms with van der Waals surface area (Å²) in [5.41, 5.74) is 2.10. The third-order valence-electron chi connectivity index (χ3n) is 6.21. The Hall–Kier alpha value is -3.06. The van der Waals surface area contributed by atoms with Gasteiger partial charge in [-0.25, -0.2) is 4.79 Å². The first-order chi connectivity index (χ1) is 15.6. The summed E-state index contributed by atoms with van der Waals surface area (Å²) in [6, 6.07) is 15.1. The zero-order valence-electron chi connectivity index (χ0n) is 19.8. The fraction of sp³-hybridized carbons (Fsp3) is 0.462. The second-order valence-corrected chi connectivity index (χ2v) is 10.1. The molecule has 33 heavy (non-hydrogen) atoms. The van der Waals surface area contributed by atoms with Crippen molar-refractivity contribution >= 4 is 12.0 Å². The molecule has 4 rings (SSSR count). The average Bonchev–Trinajstić information content (AvgIpc) is 3.03. The minimum absolute atomic E-state index is 0.0109. The van der Waals surface area contributed by atoms with E-state index < -0.39 is 5.60 Å². The molecule has 0 bridgehead atoms. The molecule has 7 nitrogen and oxygen atoms in total. The van der Waals surface area contributed by atoms with Crippen LogP contribution in [-0.4, -0.2) is 69.1 Å². The maximum Gasteiger partial charge on any atom is 0.410 e. The zero-order valence-corrected chi connectivity index (χ0v) is 19.8. The summed E-state index contributed by atoms with van der Waals surface area (Å²) >= 11 is 0. The molecule has 2 heterocycles. The fourth-order valence-electron chi connectivity index (χ4n) is 4.64. The lowest BCUT2D eigenvalue weighted by Crippen LogP contribution is -2.61. The van der Waals surface area contributed by atoms with E-state index in [2.05, 4.69) is 17.0 Å². The number of aromatic hydroxyl groups is 1. The van der Waals surface area contributed by atoms with Crippen LogP contribution >= 0.6 is 0 Å². The second kappa shape index (κ2) is 9.06. The van der Waals surface area contributed by atoms with Gasteiger partial charge in [0, 0.05) is 50.4 Å². The van der Waals surface area contributed by atoms with E-state index in [9.17, 15) is 14.7 Å². The quantitative estimate of drug-likeness (QED) is 0.764. The Morgan fingerprint density at radius 3 is 2.55 bits per heavy atom. The molecule has 0 radical (unpaired) electrons. The number of carbonyl (C=O) groups is 2. The van der Waals surface area contributed by atoms with Crippen molar-refractivity contribution in [2.45, 2.75) is 58.5 Å². The number of piperazine rings is 1. The monoisotopic (exact) mass is 451 g/mol. The van der Waals surface area contributed by atoms with E-state index in [0.717, 1.165) is 12.1 Å². The number of benzene rings is 2. The number of hydrogen-bond acceptors (Lipinski definition) is 5. The highest BCUT2D eigenvalue weighted by Gasteiger charge is 2.39. The predicted molar refractivity (Wildman–Crippen MR) is 126 cm³/mol. The number of fused-ring (bicyclic) bond motifs is 1. The summed E-state index contributed by atoms with van der Waals surface area (Å²) in [5.74, 6) is 0.129. The van der Waals surface area contributed by atoms with Gasteiger partial charge >= 0.3 is 6.09 Å². The normalized spacial score (nSPS) is 21.3. The van der Waals surface area contributed by atoms with Crippen molar-refractivity contribution in [1.82, 2.24) is 14.7 Å². The van der Waals surface area contributed by atoms with Crippen LogP contribution in [0.4, 0.5) is 4.79 Å². The molecule has 1 saturated heterocycles. The molecule has 2 atom stereocenters. The van der Waals surface area contributed by atoms with Gasteiger partial charge in [-0.15, -0.1) is 0 Å². The van der Waals surface area contributed by atoms with E-state index in [4.69, 9.17) is 4.74 Å². The third-order valence-corrected chi connectivity index (χ3v) is 6.21. The zero-order chi connectivity index (χ0) is 23.8. The largest absolute Gasteiger partial charge is 0.508 e. The molecule has 2 aliphatic heterocycles. The van der Waals surface area contributed by atoms with E-state index >= 15 is 0 Å². The smallest absolute Gasteiger partial charge is 0.410 e. The molecule has 1 N–H and O–H groups in total. The Morgan fingerprint density at radius 2 is 1.85 bits per heavy atom. The number of phenols is 1. The van der Waals surface area contributed by atoms with Gasteiger partial charge in [-0.05, 0) is 57.0 Å². The molecule has 7 heteroatoms. The van der Waals surface area contributed by atoms with Crippen molar-refractivity contribution in [3.05, 3.63) is 65.2 Å². The minimum atomic E-state index is -0.567. The van der Waals surface area contributed by atoms with Gasteiger partial charge in [0.1, 0.15) is 11.4 Å². The second-order valence-electron chi connectivity index (χ2n) is 10.1. The topological polar surface area (TPSA) is 73.3 Å². The van der Waals surface area contributed by atoms with Crippen molar-refractivity contribution in [3.8, 4) is 5.75 Å². The molecular formula is C26H33N3O4. The lowest BCUT2D eigenvalue weighted by atomic mass is 10.1. The van der Waals surface area contributed by atoms with Crippen molar-refractivity contribution in [3.63, 3.8) is 0 Å². The summed E-state index contributed by atoms with van der Waals surface area (Å²) in [4.78, 5) is 31.9. The van der Waals surface area contributed by atoms with Gasteiger partial charge in [-0.2, -0.15) is 0 Å². The van der Waals surface area contributed by atoms with E-state index in [1.807, 2.05) is 50.8 Å². The lowest BCUT2D eigenvalue weighted by Gasteiger charge is -2.46. The molecule has 2 aliphatic rings. The maximum atomic E-state index is 13.0. The number of phenolic OH excluding ortho intramolecular Hbond substituents is 1. The van der Waals surface area contributed by atoms with Crippen molar-refractivity contribution < 1.29 is 19.4 Å². The van der Waals surface area contributed by atoms with Crippen LogP contribution in [0.15, 0.2) is 48.5 Å². The predicted octanol–water partition coefficient (Wildman–Crippen LogP) is 3.86. The van der Waals surface area contributed by atoms with Gasteiger partial charge < -0.3 is 19.6 Å². The highest BCUT2D eigenvalue weighted by atomic mass is 16.6. The number of nitrogens with zero attached hydrogens (tertiary/aromatic N) is 3. The van der Waals surface area contributed by atoms with Crippen LogP contribution in [0.1, 0.15) is 49.2 Å². The summed E-state index contributed by atoms with van der Waals surface area (Å²) in [5, 5.41) is 9.82. The summed E-state index contributed by atoms with van der Waals surface area (Å²) < 4.78 is 5.66. The van der Waals surface area contributed by atoms with Crippen LogP contribution in [0, 0.1) is 0 Å². The molecule has 1 fully saturated rings. The molecule has 2 aromatic carbocycles. The molecule has 2 aromatic rings. The first-order valence-electron chi connectivity index (χ1n) is 11.5. The van der Waals surface area contributed by atoms with Crippen LogP contribution in [0.3, 0.4) is 0 Å². The Morgan fingerprint density at radius 1 is 1.12 bits per heavy atom. The fourth-order valence-corrected chi connectivity index (χ4v) is 4.64. The van der Waals surface area contributed by atoms with E-state index in [1.54, 1.807) is 23.1 Å². The van der Waals surface area contributed by atoms with E-state index in [0.29, 0.717) is 31.7 Å². The summed E-state index contributed by atoms with van der Waals surface area (Å²) in [7, 11) is 0. The summed E-state index contributed by atoms with van der Waals surface area (Å²) in [6.45, 7) is 10.5. The molecule has 2 amide bonds. The van der Waals surface area contributed by atoms with E-state index in [1.165, 1.54) is 5.56 Å². The Kier molecular flexibility index (Phi) is 6.34. The first-order valence-corrected chi connectivity index (χ1v) is 11.5.